The molecule has 6 heteroatoms. The van der Waals surface area contributed by atoms with E-state index in [1.54, 1.807) is 12.4 Å². The highest BCUT2D eigenvalue weighted by molar-refractivity contribution is 5.52. The fourth-order valence-corrected chi connectivity index (χ4v) is 2.29. The molecule has 3 rings (SSSR count). The van der Waals surface area contributed by atoms with Crippen molar-refractivity contribution in [3.05, 3.63) is 24.5 Å². The first-order valence-electron chi connectivity index (χ1n) is 6.03. The maximum atomic E-state index is 8.95. The Bertz CT molecular complexity index is 553. The van der Waals surface area contributed by atoms with Crippen molar-refractivity contribution in [2.75, 3.05) is 12.3 Å². The summed E-state index contributed by atoms with van der Waals surface area (Å²) in [5.74, 6) is 1.74. The second kappa shape index (κ2) is 4.38. The molecule has 0 amide bonds. The van der Waals surface area contributed by atoms with E-state index >= 15 is 0 Å². The summed E-state index contributed by atoms with van der Waals surface area (Å²) in [5.41, 5.74) is 6.42. The smallest absolute Gasteiger partial charge is 0.182 e. The molecule has 94 valence electrons. The van der Waals surface area contributed by atoms with E-state index < -0.39 is 0 Å². The number of aromatic nitrogens is 4. The maximum absolute atomic E-state index is 8.95. The van der Waals surface area contributed by atoms with Gasteiger partial charge in [-0.25, -0.2) is 4.98 Å². The van der Waals surface area contributed by atoms with E-state index in [-0.39, 0.29) is 6.61 Å². The van der Waals surface area contributed by atoms with Crippen molar-refractivity contribution >= 4 is 5.82 Å². The molecule has 2 heterocycles. The number of aliphatic hydroxyl groups is 1. The van der Waals surface area contributed by atoms with Gasteiger partial charge in [0.2, 0.25) is 0 Å². The molecule has 1 aliphatic carbocycles. The van der Waals surface area contributed by atoms with Crippen molar-refractivity contribution < 1.29 is 5.11 Å². The van der Waals surface area contributed by atoms with Crippen LogP contribution in [0.5, 0.6) is 0 Å². The van der Waals surface area contributed by atoms with Crippen LogP contribution in [0.3, 0.4) is 0 Å². The van der Waals surface area contributed by atoms with Gasteiger partial charge >= 0.3 is 0 Å². The van der Waals surface area contributed by atoms with E-state index in [1.165, 1.54) is 0 Å². The number of hydrogen-bond donors (Lipinski definition) is 2. The molecule has 0 aromatic carbocycles. The Labute approximate surface area is 104 Å². The summed E-state index contributed by atoms with van der Waals surface area (Å²) in [6.07, 6.45) is 3.61. The first-order valence-corrected chi connectivity index (χ1v) is 6.03. The van der Waals surface area contributed by atoms with Gasteiger partial charge in [0, 0.05) is 12.6 Å². The van der Waals surface area contributed by atoms with Gasteiger partial charge in [0.05, 0.1) is 0 Å². The average Bonchev–Trinajstić information content (AvgIpc) is 2.95. The van der Waals surface area contributed by atoms with E-state index in [0.29, 0.717) is 17.8 Å². The predicted molar refractivity (Wildman–Crippen MR) is 66.5 cm³/mol. The molecule has 0 aliphatic heterocycles. The Morgan fingerprint density at radius 2 is 2.33 bits per heavy atom. The lowest BCUT2D eigenvalue weighted by Gasteiger charge is -2.05. The molecule has 1 unspecified atom stereocenters. The minimum Gasteiger partial charge on any atom is -0.396 e. The fourth-order valence-electron chi connectivity index (χ4n) is 2.29. The highest BCUT2D eigenvalue weighted by Gasteiger charge is 2.39. The van der Waals surface area contributed by atoms with Crippen LogP contribution in [0.15, 0.2) is 24.5 Å². The van der Waals surface area contributed by atoms with E-state index in [1.807, 2.05) is 16.7 Å². The number of nitrogens with two attached hydrogens (primary N) is 1. The molecule has 0 saturated heterocycles. The van der Waals surface area contributed by atoms with Crippen LogP contribution < -0.4 is 5.73 Å². The van der Waals surface area contributed by atoms with Gasteiger partial charge in [-0.1, -0.05) is 6.07 Å². The standard InChI is InChI=1S/C12H15N5O/c13-11-3-1-2-9(15-11)12-16-14-7-17(12)10-6-8(10)4-5-18/h1-3,7-8,10,18H,4-6H2,(H2,13,15)/t8-,10?/m1/s1. The average molecular weight is 245 g/mol. The van der Waals surface area contributed by atoms with Crippen LogP contribution in [0.1, 0.15) is 18.9 Å². The minimum atomic E-state index is 0.231. The van der Waals surface area contributed by atoms with Crippen molar-refractivity contribution in [1.82, 2.24) is 19.7 Å². The van der Waals surface area contributed by atoms with Gasteiger partial charge in [0.15, 0.2) is 5.82 Å². The van der Waals surface area contributed by atoms with Crippen LogP contribution in [0.25, 0.3) is 11.5 Å². The molecule has 2 atom stereocenters. The van der Waals surface area contributed by atoms with E-state index in [2.05, 4.69) is 15.2 Å². The summed E-state index contributed by atoms with van der Waals surface area (Å²) in [6, 6.07) is 5.86. The zero-order chi connectivity index (χ0) is 12.5. The first-order chi connectivity index (χ1) is 8.79. The number of rotatable bonds is 4. The number of nitrogens with zero attached hydrogens (tertiary/aromatic N) is 4. The Morgan fingerprint density at radius 1 is 1.44 bits per heavy atom. The number of anilines is 1. The van der Waals surface area contributed by atoms with Crippen molar-refractivity contribution in [2.45, 2.75) is 18.9 Å². The number of aliphatic hydroxyl groups excluding tert-OH is 1. The molecule has 3 N–H and O–H groups in total. The van der Waals surface area contributed by atoms with Crippen molar-refractivity contribution in [3.8, 4) is 11.5 Å². The summed E-state index contributed by atoms with van der Waals surface area (Å²) in [6.45, 7) is 0.231. The Morgan fingerprint density at radius 3 is 3.11 bits per heavy atom. The maximum Gasteiger partial charge on any atom is 0.182 e. The SMILES string of the molecule is Nc1cccc(-c2nncn2C2C[C@H]2CCO)n1. The largest absolute Gasteiger partial charge is 0.396 e. The van der Waals surface area contributed by atoms with Gasteiger partial charge in [0.25, 0.3) is 0 Å². The van der Waals surface area contributed by atoms with Gasteiger partial charge in [-0.15, -0.1) is 10.2 Å². The van der Waals surface area contributed by atoms with E-state index in [9.17, 15) is 0 Å². The molecule has 0 spiro atoms. The zero-order valence-electron chi connectivity index (χ0n) is 9.90. The van der Waals surface area contributed by atoms with Crippen molar-refractivity contribution in [1.29, 1.82) is 0 Å². The molecule has 1 aliphatic rings. The van der Waals surface area contributed by atoms with Crippen LogP contribution in [-0.2, 0) is 0 Å². The third-order valence-corrected chi connectivity index (χ3v) is 3.32. The van der Waals surface area contributed by atoms with Crippen molar-refractivity contribution in [2.24, 2.45) is 5.92 Å². The van der Waals surface area contributed by atoms with Gasteiger partial charge in [-0.2, -0.15) is 0 Å². The third-order valence-electron chi connectivity index (χ3n) is 3.32. The van der Waals surface area contributed by atoms with E-state index in [4.69, 9.17) is 10.8 Å². The Hall–Kier alpha value is -1.95. The highest BCUT2D eigenvalue weighted by atomic mass is 16.3. The number of hydrogen-bond acceptors (Lipinski definition) is 5. The molecule has 18 heavy (non-hydrogen) atoms. The first kappa shape index (κ1) is 11.2. The lowest BCUT2D eigenvalue weighted by molar-refractivity contribution is 0.277. The van der Waals surface area contributed by atoms with Crippen molar-refractivity contribution in [3.63, 3.8) is 0 Å². The zero-order valence-corrected chi connectivity index (χ0v) is 9.90. The summed E-state index contributed by atoms with van der Waals surface area (Å²) in [5, 5.41) is 17.0. The van der Waals surface area contributed by atoms with Crippen LogP contribution >= 0.6 is 0 Å². The quantitative estimate of drug-likeness (QED) is 0.834. The summed E-state index contributed by atoms with van der Waals surface area (Å²) >= 11 is 0. The van der Waals surface area contributed by atoms with Crippen LogP contribution in [-0.4, -0.2) is 31.5 Å². The molecule has 0 radical (unpaired) electrons. The topological polar surface area (TPSA) is 89.8 Å². The lowest BCUT2D eigenvalue weighted by atomic mass is 10.3. The second-order valence-corrected chi connectivity index (χ2v) is 4.58. The minimum absolute atomic E-state index is 0.231. The number of pyridine rings is 1. The Balaban J connectivity index is 1.89. The summed E-state index contributed by atoms with van der Waals surface area (Å²) in [4.78, 5) is 4.26. The molecular formula is C12H15N5O. The Kier molecular flexibility index (Phi) is 2.71. The monoisotopic (exact) mass is 245 g/mol. The lowest BCUT2D eigenvalue weighted by Crippen LogP contribution is -2.01. The van der Waals surface area contributed by atoms with Gasteiger partial charge in [0.1, 0.15) is 17.8 Å². The fraction of sp³-hybridized carbons (Fsp3) is 0.417. The predicted octanol–water partition coefficient (Wildman–Crippen LogP) is 0.866. The highest BCUT2D eigenvalue weighted by Crippen LogP contribution is 2.46. The number of nitrogen functional groups attached to an aromatic ring is 1. The van der Waals surface area contributed by atoms with Crippen LogP contribution in [0.2, 0.25) is 0 Å². The van der Waals surface area contributed by atoms with Gasteiger partial charge in [-0.05, 0) is 30.9 Å². The summed E-state index contributed by atoms with van der Waals surface area (Å²) in [7, 11) is 0. The molecular weight excluding hydrogens is 230 g/mol. The summed E-state index contributed by atoms with van der Waals surface area (Å²) < 4.78 is 2.03. The third kappa shape index (κ3) is 1.95. The van der Waals surface area contributed by atoms with Crippen LogP contribution in [0, 0.1) is 5.92 Å². The van der Waals surface area contributed by atoms with Gasteiger partial charge < -0.3 is 15.4 Å². The second-order valence-electron chi connectivity index (χ2n) is 4.58. The normalized spacial score (nSPS) is 22.1. The molecule has 2 aromatic heterocycles. The molecule has 1 saturated carbocycles. The van der Waals surface area contributed by atoms with E-state index in [0.717, 1.165) is 24.4 Å². The molecule has 6 nitrogen and oxygen atoms in total. The van der Waals surface area contributed by atoms with Crippen LogP contribution in [0.4, 0.5) is 5.82 Å². The molecule has 0 bridgehead atoms. The van der Waals surface area contributed by atoms with Gasteiger partial charge in [-0.3, -0.25) is 0 Å². The molecule has 2 aromatic rings. The molecule has 1 fully saturated rings.